The summed E-state index contributed by atoms with van der Waals surface area (Å²) in [5.74, 6) is 1.30. The maximum Gasteiger partial charge on any atom is 0.310 e. The van der Waals surface area contributed by atoms with Gasteiger partial charge in [-0.05, 0) is 61.4 Å². The Balaban J connectivity index is 0.000000201. The minimum Gasteiger partial charge on any atom is -0.497 e. The van der Waals surface area contributed by atoms with Crippen molar-refractivity contribution in [1.82, 2.24) is 15.0 Å². The van der Waals surface area contributed by atoms with Crippen LogP contribution in [0.1, 0.15) is 35.2 Å². The number of aromatic amines is 1. The number of carboxylic acids is 1. The van der Waals surface area contributed by atoms with Crippen LogP contribution in [0.5, 0.6) is 17.2 Å². The maximum atomic E-state index is 12.7. The standard InChI is InChI=1S/C17H19N3O3S.C14H14O3/c1-10-8-18-15(11(2)16(10)23-4)9-24(21)17-19-13-6-5-12(22-3)7-14(13)20-17;1-9(14(15)16)10-3-4-12-8-13(17-2)6-5-11(12)7-10/h5-8H,9H2,1-4H3,(H,19,20);3-9H,1-2H3,(H,15,16)/t24-;9-/m00/s1. The molecule has 0 aliphatic heterocycles. The lowest BCUT2D eigenvalue weighted by Crippen LogP contribution is -2.06. The molecule has 0 aliphatic carbocycles. The summed E-state index contributed by atoms with van der Waals surface area (Å²) >= 11 is 0. The number of carboxylic acid groups (broad SMARTS) is 1. The van der Waals surface area contributed by atoms with Gasteiger partial charge in [-0.15, -0.1) is 0 Å². The van der Waals surface area contributed by atoms with E-state index in [1.165, 1.54) is 0 Å². The number of pyridine rings is 1. The number of aryl methyl sites for hydroxylation is 1. The number of H-pyrrole nitrogens is 1. The van der Waals surface area contributed by atoms with Crippen molar-refractivity contribution in [1.29, 1.82) is 0 Å². The minimum atomic E-state index is -1.33. The van der Waals surface area contributed by atoms with Crippen molar-refractivity contribution >= 4 is 38.6 Å². The lowest BCUT2D eigenvalue weighted by molar-refractivity contribution is -0.138. The van der Waals surface area contributed by atoms with E-state index < -0.39 is 22.7 Å². The van der Waals surface area contributed by atoms with E-state index >= 15 is 0 Å². The zero-order valence-corrected chi connectivity index (χ0v) is 24.7. The number of fused-ring (bicyclic) bond motifs is 2. The van der Waals surface area contributed by atoms with Gasteiger partial charge in [0.15, 0.2) is 5.16 Å². The minimum absolute atomic E-state index is 0.277. The van der Waals surface area contributed by atoms with Gasteiger partial charge < -0.3 is 24.3 Å². The third-order valence-corrected chi connectivity index (χ3v) is 8.00. The quantitative estimate of drug-likeness (QED) is 0.233. The van der Waals surface area contributed by atoms with Crippen LogP contribution in [0.25, 0.3) is 21.8 Å². The summed E-state index contributed by atoms with van der Waals surface area (Å²) < 4.78 is 28.4. The lowest BCUT2D eigenvalue weighted by Gasteiger charge is -2.11. The highest BCUT2D eigenvalue weighted by Crippen LogP contribution is 2.27. The molecule has 5 aromatic rings. The Morgan fingerprint density at radius 2 is 1.61 bits per heavy atom. The summed E-state index contributed by atoms with van der Waals surface area (Å²) in [7, 11) is 3.53. The van der Waals surface area contributed by atoms with Crippen molar-refractivity contribution in [3.8, 4) is 17.2 Å². The molecule has 9 nitrogen and oxygen atoms in total. The Morgan fingerprint density at radius 1 is 0.951 bits per heavy atom. The molecule has 0 unspecified atom stereocenters. The first-order valence-corrected chi connectivity index (χ1v) is 14.2. The number of aromatic nitrogens is 3. The Morgan fingerprint density at radius 3 is 2.29 bits per heavy atom. The van der Waals surface area contributed by atoms with Crippen LogP contribution >= 0.6 is 0 Å². The van der Waals surface area contributed by atoms with E-state index in [9.17, 15) is 9.00 Å². The monoisotopic (exact) mass is 575 g/mol. The van der Waals surface area contributed by atoms with Crippen molar-refractivity contribution in [3.63, 3.8) is 0 Å². The molecular weight excluding hydrogens is 542 g/mol. The van der Waals surface area contributed by atoms with Crippen molar-refractivity contribution in [2.75, 3.05) is 21.3 Å². The summed E-state index contributed by atoms with van der Waals surface area (Å²) in [5, 5.41) is 11.5. The smallest absolute Gasteiger partial charge is 0.310 e. The fraction of sp³-hybridized carbons (Fsp3) is 0.258. The van der Waals surface area contributed by atoms with Crippen LogP contribution < -0.4 is 14.2 Å². The molecular formula is C31H33N3O6S. The molecule has 41 heavy (non-hydrogen) atoms. The van der Waals surface area contributed by atoms with Gasteiger partial charge in [-0.1, -0.05) is 24.3 Å². The van der Waals surface area contributed by atoms with Gasteiger partial charge in [0.25, 0.3) is 0 Å². The molecule has 0 aliphatic rings. The van der Waals surface area contributed by atoms with Gasteiger partial charge in [0.2, 0.25) is 0 Å². The van der Waals surface area contributed by atoms with Crippen LogP contribution in [0.15, 0.2) is 66.0 Å². The first-order chi connectivity index (χ1) is 19.6. The summed E-state index contributed by atoms with van der Waals surface area (Å²) in [5.41, 5.74) is 4.97. The van der Waals surface area contributed by atoms with Crippen LogP contribution in [-0.4, -0.2) is 51.6 Å². The summed E-state index contributed by atoms with van der Waals surface area (Å²) in [6.07, 6.45) is 1.74. The lowest BCUT2D eigenvalue weighted by atomic mass is 9.98. The number of aliphatic carboxylic acids is 1. The molecule has 2 atom stereocenters. The van der Waals surface area contributed by atoms with E-state index in [1.54, 1.807) is 34.4 Å². The number of methoxy groups -OCH3 is 3. The van der Waals surface area contributed by atoms with Gasteiger partial charge >= 0.3 is 5.97 Å². The van der Waals surface area contributed by atoms with Crippen LogP contribution in [0.2, 0.25) is 0 Å². The van der Waals surface area contributed by atoms with E-state index in [-0.39, 0.29) is 5.75 Å². The Bertz CT molecular complexity index is 1730. The second-order valence-electron chi connectivity index (χ2n) is 9.49. The van der Waals surface area contributed by atoms with Crippen LogP contribution in [-0.2, 0) is 21.3 Å². The molecule has 5 rings (SSSR count). The third kappa shape index (κ3) is 6.66. The number of imidazole rings is 1. The Hall–Kier alpha value is -4.44. The predicted molar refractivity (Wildman–Crippen MR) is 160 cm³/mol. The fourth-order valence-electron chi connectivity index (χ4n) is 4.39. The zero-order valence-electron chi connectivity index (χ0n) is 23.8. The largest absolute Gasteiger partial charge is 0.497 e. The summed E-state index contributed by atoms with van der Waals surface area (Å²) in [4.78, 5) is 22.8. The number of benzene rings is 3. The summed E-state index contributed by atoms with van der Waals surface area (Å²) in [6, 6.07) is 16.9. The molecule has 0 radical (unpaired) electrons. The van der Waals surface area contributed by atoms with Gasteiger partial charge in [0.1, 0.15) is 17.2 Å². The number of hydrogen-bond acceptors (Lipinski definition) is 7. The Labute approximate surface area is 241 Å². The highest BCUT2D eigenvalue weighted by atomic mass is 32.2. The average Bonchev–Trinajstić information content (AvgIpc) is 3.42. The molecule has 0 amide bonds. The molecule has 2 N–H and O–H groups in total. The van der Waals surface area contributed by atoms with E-state index in [0.29, 0.717) is 5.16 Å². The number of nitrogens with one attached hydrogen (secondary N) is 1. The molecule has 0 saturated heterocycles. The zero-order chi connectivity index (χ0) is 29.7. The van der Waals surface area contributed by atoms with Crippen molar-refractivity contribution in [3.05, 3.63) is 83.2 Å². The molecule has 214 valence electrons. The van der Waals surface area contributed by atoms with E-state index in [1.807, 2.05) is 68.4 Å². The first kappa shape index (κ1) is 29.5. The second kappa shape index (κ2) is 12.8. The molecule has 0 saturated carbocycles. The van der Waals surface area contributed by atoms with Crippen molar-refractivity contribution in [2.45, 2.75) is 37.6 Å². The SMILES string of the molecule is COc1ccc2cc([C@H](C)C(=O)O)ccc2c1.COc1ccc2nc([S@@](=O)Cc3ncc(C)c(OC)c3C)[nH]c2c1. The predicted octanol–water partition coefficient (Wildman–Crippen LogP) is 5.94. The molecule has 10 heteroatoms. The van der Waals surface area contributed by atoms with Gasteiger partial charge in [-0.3, -0.25) is 14.0 Å². The number of hydrogen-bond donors (Lipinski definition) is 2. The van der Waals surface area contributed by atoms with E-state index in [0.717, 1.165) is 61.4 Å². The Kier molecular flexibility index (Phi) is 9.24. The van der Waals surface area contributed by atoms with Crippen molar-refractivity contribution < 1.29 is 28.3 Å². The van der Waals surface area contributed by atoms with Crippen molar-refractivity contribution in [2.24, 2.45) is 0 Å². The molecule has 0 bridgehead atoms. The van der Waals surface area contributed by atoms with Gasteiger partial charge in [0, 0.05) is 23.4 Å². The van der Waals surface area contributed by atoms with Gasteiger partial charge in [-0.2, -0.15) is 0 Å². The van der Waals surface area contributed by atoms with Crippen LogP contribution in [0.3, 0.4) is 0 Å². The highest BCUT2D eigenvalue weighted by molar-refractivity contribution is 7.84. The van der Waals surface area contributed by atoms with Crippen LogP contribution in [0.4, 0.5) is 0 Å². The molecule has 0 fully saturated rings. The number of rotatable bonds is 8. The number of ether oxygens (including phenoxy) is 3. The first-order valence-electron chi connectivity index (χ1n) is 12.9. The third-order valence-electron chi connectivity index (χ3n) is 6.84. The van der Waals surface area contributed by atoms with Gasteiger partial charge in [-0.25, -0.2) is 4.98 Å². The van der Waals surface area contributed by atoms with E-state index in [2.05, 4.69) is 15.0 Å². The maximum absolute atomic E-state index is 12.7. The molecule has 2 heterocycles. The molecule has 0 spiro atoms. The number of nitrogens with zero attached hydrogens (tertiary/aromatic N) is 2. The van der Waals surface area contributed by atoms with Crippen LogP contribution in [0, 0.1) is 13.8 Å². The average molecular weight is 576 g/mol. The summed E-state index contributed by atoms with van der Waals surface area (Å²) in [6.45, 7) is 5.55. The fourth-order valence-corrected chi connectivity index (χ4v) is 5.49. The normalized spacial score (nSPS) is 12.3. The highest BCUT2D eigenvalue weighted by Gasteiger charge is 2.16. The van der Waals surface area contributed by atoms with Gasteiger partial charge in [0.05, 0.1) is 60.5 Å². The topological polar surface area (TPSA) is 124 Å². The molecule has 2 aromatic heterocycles. The number of carbonyl (C=O) groups is 1. The van der Waals surface area contributed by atoms with E-state index in [4.69, 9.17) is 19.3 Å². The second-order valence-corrected chi connectivity index (χ2v) is 10.9. The molecule has 3 aromatic carbocycles.